The fourth-order valence-electron chi connectivity index (χ4n) is 3.32. The van der Waals surface area contributed by atoms with E-state index in [9.17, 15) is 19.0 Å². The molecule has 0 amide bonds. The molecule has 146 valence electrons. The quantitative estimate of drug-likeness (QED) is 0.804. The maximum atomic E-state index is 14.3. The van der Waals surface area contributed by atoms with E-state index in [-0.39, 0.29) is 24.3 Å². The molecule has 4 nitrogen and oxygen atoms in total. The van der Waals surface area contributed by atoms with Gasteiger partial charge in [0.2, 0.25) is 0 Å². The number of ether oxygens (including phenoxy) is 2. The molecule has 2 aromatic rings. The van der Waals surface area contributed by atoms with E-state index in [1.807, 2.05) is 0 Å². The molecule has 0 spiro atoms. The third kappa shape index (κ3) is 4.58. The van der Waals surface area contributed by atoms with E-state index in [0.29, 0.717) is 23.4 Å². The van der Waals surface area contributed by atoms with E-state index in [0.717, 1.165) is 17.7 Å². The second-order valence-electron chi connectivity index (χ2n) is 6.66. The zero-order valence-electron chi connectivity index (χ0n) is 14.8. The number of hydrogen-bond donors (Lipinski definition) is 2. The van der Waals surface area contributed by atoms with Crippen LogP contribution in [0.25, 0.3) is 0 Å². The fourth-order valence-corrected chi connectivity index (χ4v) is 3.50. The first kappa shape index (κ1) is 20.0. The molecule has 27 heavy (non-hydrogen) atoms. The molecule has 1 aliphatic heterocycles. The van der Waals surface area contributed by atoms with Crippen LogP contribution in [0.3, 0.4) is 0 Å². The van der Waals surface area contributed by atoms with Crippen molar-refractivity contribution >= 4 is 11.6 Å². The minimum atomic E-state index is -0.647. The topological polar surface area (TPSA) is 58.9 Å². The standard InChI is InChI=1S/C20H21ClF2O4/c1-26-20-9-17(22)13(6-18(20)23)5-12-4-11(2-3-16(12)21)19-8-14(25)7-15(10-24)27-19/h2-4,6,9,14-15,19,24-25H,5,7-8,10H2,1H3. The van der Waals surface area contributed by atoms with Crippen LogP contribution in [0.4, 0.5) is 8.78 Å². The number of hydrogen-bond acceptors (Lipinski definition) is 4. The van der Waals surface area contributed by atoms with Gasteiger partial charge in [-0.05, 0) is 28.8 Å². The fraction of sp³-hybridized carbons (Fsp3) is 0.400. The lowest BCUT2D eigenvalue weighted by atomic mass is 9.94. The Hall–Kier alpha value is -1.73. The summed E-state index contributed by atoms with van der Waals surface area (Å²) in [7, 11) is 1.27. The molecule has 0 aliphatic carbocycles. The van der Waals surface area contributed by atoms with Gasteiger partial charge in [0.1, 0.15) is 5.82 Å². The zero-order chi connectivity index (χ0) is 19.6. The Kier molecular flexibility index (Phi) is 6.32. The second-order valence-corrected chi connectivity index (χ2v) is 7.07. The summed E-state index contributed by atoms with van der Waals surface area (Å²) < 4.78 is 38.8. The van der Waals surface area contributed by atoms with Gasteiger partial charge in [0.05, 0.1) is 32.0 Å². The first-order chi connectivity index (χ1) is 12.9. The average Bonchev–Trinajstić information content (AvgIpc) is 2.65. The zero-order valence-corrected chi connectivity index (χ0v) is 15.5. The lowest BCUT2D eigenvalue weighted by Gasteiger charge is -2.32. The van der Waals surface area contributed by atoms with Gasteiger partial charge < -0.3 is 19.7 Å². The predicted molar refractivity (Wildman–Crippen MR) is 97.1 cm³/mol. The van der Waals surface area contributed by atoms with Crippen molar-refractivity contribution in [1.82, 2.24) is 0 Å². The highest BCUT2D eigenvalue weighted by atomic mass is 35.5. The lowest BCUT2D eigenvalue weighted by Crippen LogP contribution is -2.33. The Bertz CT molecular complexity index is 815. The van der Waals surface area contributed by atoms with Gasteiger partial charge in [0, 0.05) is 30.4 Å². The van der Waals surface area contributed by atoms with Gasteiger partial charge in [0.25, 0.3) is 0 Å². The predicted octanol–water partition coefficient (Wildman–Crippen LogP) is 3.79. The van der Waals surface area contributed by atoms with E-state index in [2.05, 4.69) is 0 Å². The maximum Gasteiger partial charge on any atom is 0.165 e. The van der Waals surface area contributed by atoms with Crippen molar-refractivity contribution < 1.29 is 28.5 Å². The third-order valence-corrected chi connectivity index (χ3v) is 5.09. The molecule has 0 aromatic heterocycles. The van der Waals surface area contributed by atoms with Crippen LogP contribution in [0.5, 0.6) is 5.75 Å². The summed E-state index contributed by atoms with van der Waals surface area (Å²) in [6.45, 7) is -0.176. The molecule has 1 heterocycles. The second kappa shape index (κ2) is 8.52. The van der Waals surface area contributed by atoms with Crippen LogP contribution in [0.1, 0.15) is 35.6 Å². The van der Waals surface area contributed by atoms with Crippen LogP contribution in [0.15, 0.2) is 30.3 Å². The number of rotatable bonds is 5. The Balaban J connectivity index is 1.87. The Morgan fingerprint density at radius 3 is 2.63 bits per heavy atom. The minimum absolute atomic E-state index is 0.0954. The number of benzene rings is 2. The molecule has 0 bridgehead atoms. The molecule has 1 fully saturated rings. The van der Waals surface area contributed by atoms with Crippen LogP contribution in [0, 0.1) is 11.6 Å². The van der Waals surface area contributed by atoms with E-state index < -0.39 is 29.9 Å². The van der Waals surface area contributed by atoms with Crippen molar-refractivity contribution in [3.8, 4) is 5.75 Å². The summed E-state index contributed by atoms with van der Waals surface area (Å²) in [4.78, 5) is 0. The molecule has 0 radical (unpaired) electrons. The molecule has 3 unspecified atom stereocenters. The summed E-state index contributed by atoms with van der Waals surface area (Å²) >= 11 is 6.25. The summed E-state index contributed by atoms with van der Waals surface area (Å²) in [6, 6.07) is 7.31. The molecule has 2 N–H and O–H groups in total. The molecule has 1 saturated heterocycles. The van der Waals surface area contributed by atoms with E-state index in [1.54, 1.807) is 18.2 Å². The van der Waals surface area contributed by atoms with Crippen LogP contribution < -0.4 is 4.74 Å². The van der Waals surface area contributed by atoms with Crippen LogP contribution in [-0.2, 0) is 11.2 Å². The van der Waals surface area contributed by atoms with Crippen molar-refractivity contribution in [2.75, 3.05) is 13.7 Å². The number of halogens is 3. The normalized spacial score (nSPS) is 22.7. The number of methoxy groups -OCH3 is 1. The third-order valence-electron chi connectivity index (χ3n) is 4.72. The van der Waals surface area contributed by atoms with E-state index in [4.69, 9.17) is 21.1 Å². The van der Waals surface area contributed by atoms with Crippen LogP contribution in [0.2, 0.25) is 5.02 Å². The van der Waals surface area contributed by atoms with Gasteiger partial charge in [-0.1, -0.05) is 23.7 Å². The molecule has 0 saturated carbocycles. The molecule has 1 aliphatic rings. The van der Waals surface area contributed by atoms with E-state index >= 15 is 0 Å². The molecule has 2 aromatic carbocycles. The molecule has 7 heteroatoms. The average molecular weight is 399 g/mol. The Labute approximate surface area is 161 Å². The monoisotopic (exact) mass is 398 g/mol. The number of aliphatic hydroxyl groups excluding tert-OH is 2. The highest BCUT2D eigenvalue weighted by molar-refractivity contribution is 6.31. The van der Waals surface area contributed by atoms with Crippen LogP contribution in [-0.4, -0.2) is 36.1 Å². The summed E-state index contributed by atoms with van der Waals surface area (Å²) in [5.41, 5.74) is 1.54. The van der Waals surface area contributed by atoms with Crippen molar-refractivity contribution in [3.63, 3.8) is 0 Å². The van der Waals surface area contributed by atoms with Crippen LogP contribution >= 0.6 is 11.6 Å². The smallest absolute Gasteiger partial charge is 0.165 e. The number of aliphatic hydroxyl groups is 2. The van der Waals surface area contributed by atoms with Gasteiger partial charge in [-0.15, -0.1) is 0 Å². The van der Waals surface area contributed by atoms with Crippen molar-refractivity contribution in [1.29, 1.82) is 0 Å². The Morgan fingerprint density at radius 1 is 1.15 bits per heavy atom. The lowest BCUT2D eigenvalue weighted by molar-refractivity contribution is -0.113. The summed E-state index contributed by atoms with van der Waals surface area (Å²) in [6.07, 6.45) is -0.552. The van der Waals surface area contributed by atoms with Crippen molar-refractivity contribution in [2.45, 2.75) is 37.6 Å². The van der Waals surface area contributed by atoms with E-state index in [1.165, 1.54) is 7.11 Å². The molecule has 3 rings (SSSR count). The van der Waals surface area contributed by atoms with Gasteiger partial charge in [0.15, 0.2) is 11.6 Å². The van der Waals surface area contributed by atoms with Crippen molar-refractivity contribution in [2.24, 2.45) is 0 Å². The summed E-state index contributed by atoms with van der Waals surface area (Å²) in [5, 5.41) is 19.7. The van der Waals surface area contributed by atoms with Gasteiger partial charge >= 0.3 is 0 Å². The Morgan fingerprint density at radius 2 is 1.93 bits per heavy atom. The molecular weight excluding hydrogens is 378 g/mol. The highest BCUT2D eigenvalue weighted by Crippen LogP contribution is 2.34. The minimum Gasteiger partial charge on any atom is -0.494 e. The van der Waals surface area contributed by atoms with Gasteiger partial charge in [-0.25, -0.2) is 8.78 Å². The van der Waals surface area contributed by atoms with Crippen molar-refractivity contribution in [3.05, 3.63) is 63.7 Å². The van der Waals surface area contributed by atoms with Gasteiger partial charge in [-0.3, -0.25) is 0 Å². The first-order valence-electron chi connectivity index (χ1n) is 8.65. The van der Waals surface area contributed by atoms with Gasteiger partial charge in [-0.2, -0.15) is 0 Å². The molecule has 3 atom stereocenters. The largest absolute Gasteiger partial charge is 0.494 e. The molecular formula is C20H21ClF2O4. The maximum absolute atomic E-state index is 14.3. The SMILES string of the molecule is COc1cc(F)c(Cc2cc(C3CC(O)CC(CO)O3)ccc2Cl)cc1F. The highest BCUT2D eigenvalue weighted by Gasteiger charge is 2.29. The first-order valence-corrected chi connectivity index (χ1v) is 9.03. The summed E-state index contributed by atoms with van der Waals surface area (Å²) in [5.74, 6) is -1.39.